The molecule has 0 N–H and O–H groups in total. The summed E-state index contributed by atoms with van der Waals surface area (Å²) >= 11 is 0. The van der Waals surface area contributed by atoms with E-state index in [1.54, 1.807) is 11.0 Å². The zero-order chi connectivity index (χ0) is 19.1. The molecule has 0 atom stereocenters. The van der Waals surface area contributed by atoms with Crippen LogP contribution in [0, 0.1) is 0 Å². The van der Waals surface area contributed by atoms with Crippen molar-refractivity contribution in [2.45, 2.75) is 45.9 Å². The van der Waals surface area contributed by atoms with Crippen molar-refractivity contribution in [1.29, 1.82) is 0 Å². The first-order valence-corrected chi connectivity index (χ1v) is 8.72. The summed E-state index contributed by atoms with van der Waals surface area (Å²) in [7, 11) is 0. The van der Waals surface area contributed by atoms with Crippen molar-refractivity contribution in [3.8, 4) is 11.5 Å². The maximum Gasteiger partial charge on any atom is 0.387 e. The molecule has 1 amide bonds. The Morgan fingerprint density at radius 1 is 1.23 bits per heavy atom. The van der Waals surface area contributed by atoms with Crippen molar-refractivity contribution in [2.24, 2.45) is 0 Å². The van der Waals surface area contributed by atoms with E-state index in [-0.39, 0.29) is 11.7 Å². The summed E-state index contributed by atoms with van der Waals surface area (Å²) in [6.07, 6.45) is 1.87. The number of amides is 1. The van der Waals surface area contributed by atoms with Gasteiger partial charge in [0, 0.05) is 24.7 Å². The molecule has 0 bridgehead atoms. The minimum Gasteiger partial charge on any atom is -0.483 e. The zero-order valence-electron chi connectivity index (χ0n) is 15.5. The highest BCUT2D eigenvalue weighted by molar-refractivity contribution is 5.90. The number of benzene rings is 1. The fourth-order valence-electron chi connectivity index (χ4n) is 3.30. The van der Waals surface area contributed by atoms with Crippen LogP contribution < -0.4 is 9.47 Å². The van der Waals surface area contributed by atoms with E-state index in [4.69, 9.17) is 4.74 Å². The maximum atomic E-state index is 12.7. The second-order valence-electron chi connectivity index (χ2n) is 7.38. The monoisotopic (exact) mass is 366 g/mol. The number of nitrogens with zero attached hydrogens (tertiary/aromatic N) is 2. The molecule has 0 saturated carbocycles. The van der Waals surface area contributed by atoms with Gasteiger partial charge in [-0.15, -0.1) is 0 Å². The first kappa shape index (κ1) is 18.6. The Bertz CT molecular complexity index is 731. The molecule has 2 aliphatic heterocycles. The van der Waals surface area contributed by atoms with Crippen molar-refractivity contribution in [3.63, 3.8) is 0 Å². The molecule has 26 heavy (non-hydrogen) atoms. The third kappa shape index (κ3) is 3.82. The minimum atomic E-state index is -2.90. The van der Waals surface area contributed by atoms with Gasteiger partial charge in [0.2, 0.25) is 5.91 Å². The smallest absolute Gasteiger partial charge is 0.387 e. The topological polar surface area (TPSA) is 42.0 Å². The summed E-state index contributed by atoms with van der Waals surface area (Å²) < 4.78 is 35.6. The van der Waals surface area contributed by atoms with Crippen LogP contribution in [0.2, 0.25) is 0 Å². The van der Waals surface area contributed by atoms with Gasteiger partial charge in [-0.2, -0.15) is 8.78 Å². The van der Waals surface area contributed by atoms with Crippen LogP contribution in [0.1, 0.15) is 33.3 Å². The predicted molar refractivity (Wildman–Crippen MR) is 94.2 cm³/mol. The largest absolute Gasteiger partial charge is 0.483 e. The Morgan fingerprint density at radius 3 is 2.58 bits per heavy atom. The van der Waals surface area contributed by atoms with E-state index in [2.05, 4.69) is 23.5 Å². The van der Waals surface area contributed by atoms with Crippen LogP contribution in [0.15, 0.2) is 24.3 Å². The average Bonchev–Trinajstić information content (AvgIpc) is 2.53. The maximum absolute atomic E-state index is 12.7. The molecule has 2 aliphatic rings. The number of ether oxygens (including phenoxy) is 2. The molecule has 1 aromatic rings. The Hall–Kier alpha value is -2.15. The van der Waals surface area contributed by atoms with E-state index in [1.165, 1.54) is 12.1 Å². The summed E-state index contributed by atoms with van der Waals surface area (Å²) in [5, 5.41) is 0. The van der Waals surface area contributed by atoms with Crippen molar-refractivity contribution in [1.82, 2.24) is 9.80 Å². The number of hydrogen-bond donors (Lipinski definition) is 0. The van der Waals surface area contributed by atoms with E-state index in [1.807, 2.05) is 19.9 Å². The molecule has 0 unspecified atom stereocenters. The zero-order valence-corrected chi connectivity index (χ0v) is 15.5. The average molecular weight is 366 g/mol. The van der Waals surface area contributed by atoms with Crippen LogP contribution in [0.5, 0.6) is 11.5 Å². The molecule has 7 heteroatoms. The quantitative estimate of drug-likeness (QED) is 0.820. The van der Waals surface area contributed by atoms with Crippen molar-refractivity contribution in [3.05, 3.63) is 29.8 Å². The van der Waals surface area contributed by atoms with Gasteiger partial charge in [-0.3, -0.25) is 9.69 Å². The van der Waals surface area contributed by atoms with Gasteiger partial charge < -0.3 is 14.4 Å². The number of halogens is 2. The fraction of sp³-hybridized carbons (Fsp3) is 0.526. The second-order valence-corrected chi connectivity index (χ2v) is 7.38. The van der Waals surface area contributed by atoms with Gasteiger partial charge in [0.15, 0.2) is 0 Å². The van der Waals surface area contributed by atoms with E-state index in [0.29, 0.717) is 36.1 Å². The molecular weight excluding hydrogens is 342 g/mol. The third-order valence-corrected chi connectivity index (χ3v) is 4.58. The Morgan fingerprint density at radius 2 is 1.96 bits per heavy atom. The lowest BCUT2D eigenvalue weighted by Crippen LogP contribution is -2.52. The Balaban J connectivity index is 1.95. The molecule has 142 valence electrons. The minimum absolute atomic E-state index is 0.0139. The highest BCUT2D eigenvalue weighted by Crippen LogP contribution is 2.40. The summed E-state index contributed by atoms with van der Waals surface area (Å²) in [4.78, 5) is 16.6. The second kappa shape index (κ2) is 6.87. The summed E-state index contributed by atoms with van der Waals surface area (Å²) in [6.45, 7) is 6.63. The summed E-state index contributed by atoms with van der Waals surface area (Å²) in [6, 6.07) is 4.85. The predicted octanol–water partition coefficient (Wildman–Crippen LogP) is 3.35. The normalized spacial score (nSPS) is 20.1. The number of rotatable bonds is 4. The van der Waals surface area contributed by atoms with Crippen molar-refractivity contribution >= 4 is 11.6 Å². The van der Waals surface area contributed by atoms with Crippen LogP contribution in [0.4, 0.5) is 8.78 Å². The number of alkyl halides is 2. The van der Waals surface area contributed by atoms with Gasteiger partial charge in [-0.05, 0) is 52.0 Å². The van der Waals surface area contributed by atoms with Crippen LogP contribution in [-0.2, 0) is 4.79 Å². The van der Waals surface area contributed by atoms with Crippen LogP contribution >= 0.6 is 0 Å². The first-order valence-electron chi connectivity index (χ1n) is 8.72. The number of carbonyl (C=O) groups excluding carboxylic acids is 1. The van der Waals surface area contributed by atoms with Crippen molar-refractivity contribution in [2.75, 3.05) is 19.6 Å². The summed E-state index contributed by atoms with van der Waals surface area (Å²) in [5.74, 6) is 0.578. The Kier molecular flexibility index (Phi) is 4.92. The van der Waals surface area contributed by atoms with Gasteiger partial charge in [0.1, 0.15) is 17.1 Å². The molecule has 3 rings (SSSR count). The first-order chi connectivity index (χ1) is 12.2. The standard InChI is InChI=1S/C19H24F2N2O3/c1-12(2)22-7-8-23(17(24)11-22)15-10-19(3,4)26-16-6-5-13(9-14(15)16)25-18(20)21/h5-6,9-10,12,18H,7-8,11H2,1-4H3. The van der Waals surface area contributed by atoms with Gasteiger partial charge in [-0.25, -0.2) is 0 Å². The van der Waals surface area contributed by atoms with E-state index in [0.717, 1.165) is 6.54 Å². The number of fused-ring (bicyclic) bond motifs is 1. The van der Waals surface area contributed by atoms with Gasteiger partial charge in [0.05, 0.1) is 12.2 Å². The van der Waals surface area contributed by atoms with E-state index < -0.39 is 12.2 Å². The van der Waals surface area contributed by atoms with Crippen LogP contribution in [-0.4, -0.2) is 53.6 Å². The molecule has 1 saturated heterocycles. The molecule has 0 aromatic heterocycles. The highest BCUT2D eigenvalue weighted by atomic mass is 19.3. The Labute approximate surface area is 152 Å². The third-order valence-electron chi connectivity index (χ3n) is 4.58. The molecule has 0 spiro atoms. The van der Waals surface area contributed by atoms with Crippen molar-refractivity contribution < 1.29 is 23.0 Å². The molecule has 0 radical (unpaired) electrons. The fourth-order valence-corrected chi connectivity index (χ4v) is 3.30. The SMILES string of the molecule is CC(C)N1CCN(C2=CC(C)(C)Oc3ccc(OC(F)F)cc32)C(=O)C1. The van der Waals surface area contributed by atoms with Gasteiger partial charge >= 0.3 is 6.61 Å². The number of hydrogen-bond acceptors (Lipinski definition) is 4. The van der Waals surface area contributed by atoms with Gasteiger partial charge in [-0.1, -0.05) is 0 Å². The molecule has 0 aliphatic carbocycles. The lowest BCUT2D eigenvalue weighted by atomic mass is 9.97. The number of carbonyl (C=O) groups is 1. The lowest BCUT2D eigenvalue weighted by molar-refractivity contribution is -0.132. The van der Waals surface area contributed by atoms with E-state index >= 15 is 0 Å². The van der Waals surface area contributed by atoms with E-state index in [9.17, 15) is 13.6 Å². The molecule has 1 aromatic carbocycles. The van der Waals surface area contributed by atoms with Crippen LogP contribution in [0.3, 0.4) is 0 Å². The number of piperazine rings is 1. The summed E-state index contributed by atoms with van der Waals surface area (Å²) in [5.41, 5.74) is 0.668. The highest BCUT2D eigenvalue weighted by Gasteiger charge is 2.34. The molecular formula is C19H24F2N2O3. The van der Waals surface area contributed by atoms with Gasteiger partial charge in [0.25, 0.3) is 0 Å². The lowest BCUT2D eigenvalue weighted by Gasteiger charge is -2.40. The molecule has 1 fully saturated rings. The molecule has 5 nitrogen and oxygen atoms in total. The van der Waals surface area contributed by atoms with Crippen LogP contribution in [0.25, 0.3) is 5.70 Å². The molecule has 2 heterocycles.